The number of carbonyl (C=O) groups is 1. The monoisotopic (exact) mass is 365 g/mol. The molecule has 1 aliphatic heterocycles. The second kappa shape index (κ2) is 6.84. The Morgan fingerprint density at radius 3 is 2.65 bits per heavy atom. The van der Waals surface area contributed by atoms with Gasteiger partial charge in [-0.2, -0.15) is 5.10 Å². The maximum absolute atomic E-state index is 11.0. The lowest BCUT2D eigenvalue weighted by Crippen LogP contribution is -2.17. The Bertz CT molecular complexity index is 987. The molecule has 0 atom stereocenters. The van der Waals surface area contributed by atoms with Crippen LogP contribution in [0.5, 0.6) is 0 Å². The fourth-order valence-electron chi connectivity index (χ4n) is 3.28. The highest BCUT2D eigenvalue weighted by Gasteiger charge is 2.13. The van der Waals surface area contributed by atoms with Crippen molar-refractivity contribution in [1.82, 2.24) is 14.8 Å². The van der Waals surface area contributed by atoms with E-state index in [1.54, 1.807) is 10.9 Å². The Hall–Kier alpha value is -2.80. The summed E-state index contributed by atoms with van der Waals surface area (Å²) in [6.45, 7) is 2.22. The molecule has 132 valence electrons. The van der Waals surface area contributed by atoms with Crippen molar-refractivity contribution >= 4 is 40.2 Å². The van der Waals surface area contributed by atoms with E-state index in [9.17, 15) is 4.79 Å². The number of nitrogens with two attached hydrogens (primary N) is 1. The number of pyridine rings is 1. The van der Waals surface area contributed by atoms with Crippen LogP contribution in [0, 0.1) is 0 Å². The first-order valence-electron chi connectivity index (χ1n) is 8.51. The second-order valence-electron chi connectivity index (χ2n) is 6.33. The van der Waals surface area contributed by atoms with E-state index in [0.717, 1.165) is 35.2 Å². The van der Waals surface area contributed by atoms with Gasteiger partial charge >= 0.3 is 0 Å². The first kappa shape index (κ1) is 16.7. The lowest BCUT2D eigenvalue weighted by atomic mass is 10.1. The minimum atomic E-state index is -0.558. The average molecular weight is 365 g/mol. The van der Waals surface area contributed by atoms with E-state index in [4.69, 9.17) is 5.73 Å². The fraction of sp³-hybridized carbons (Fsp3) is 0.211. The van der Waals surface area contributed by atoms with E-state index in [0.29, 0.717) is 5.03 Å². The van der Waals surface area contributed by atoms with Crippen LogP contribution in [0.25, 0.3) is 27.2 Å². The van der Waals surface area contributed by atoms with Gasteiger partial charge in [-0.3, -0.25) is 9.78 Å². The van der Waals surface area contributed by atoms with Gasteiger partial charge in [-0.1, -0.05) is 6.07 Å². The van der Waals surface area contributed by atoms with Gasteiger partial charge in [-0.15, -0.1) is 12.6 Å². The van der Waals surface area contributed by atoms with Crippen LogP contribution in [0.3, 0.4) is 0 Å². The molecule has 0 bridgehead atoms. The van der Waals surface area contributed by atoms with Gasteiger partial charge in [0.1, 0.15) is 5.03 Å². The molecule has 7 heteroatoms. The second-order valence-corrected chi connectivity index (χ2v) is 6.79. The number of thiol groups is 1. The lowest BCUT2D eigenvalue weighted by molar-refractivity contribution is -0.113. The molecule has 1 amide bonds. The summed E-state index contributed by atoms with van der Waals surface area (Å²) in [6, 6.07) is 10.1. The summed E-state index contributed by atoms with van der Waals surface area (Å²) in [5.74, 6) is -0.558. The zero-order valence-electron chi connectivity index (χ0n) is 14.2. The lowest BCUT2D eigenvalue weighted by Gasteiger charge is -2.17. The maximum Gasteiger partial charge on any atom is 0.244 e. The van der Waals surface area contributed by atoms with Gasteiger partial charge in [0.15, 0.2) is 0 Å². The van der Waals surface area contributed by atoms with Crippen LogP contribution in [0.4, 0.5) is 5.69 Å². The Kier molecular flexibility index (Phi) is 4.38. The summed E-state index contributed by atoms with van der Waals surface area (Å²) in [5, 5.41) is 5.61. The van der Waals surface area contributed by atoms with Crippen LogP contribution in [0.1, 0.15) is 12.8 Å². The van der Waals surface area contributed by atoms with Crippen molar-refractivity contribution in [2.24, 2.45) is 5.73 Å². The van der Waals surface area contributed by atoms with Crippen molar-refractivity contribution in [3.63, 3.8) is 0 Å². The summed E-state index contributed by atoms with van der Waals surface area (Å²) in [7, 11) is 0. The fourth-order valence-corrected chi connectivity index (χ4v) is 3.57. The van der Waals surface area contributed by atoms with E-state index in [1.807, 2.05) is 24.4 Å². The van der Waals surface area contributed by atoms with Gasteiger partial charge in [-0.05, 0) is 37.1 Å². The number of anilines is 1. The third kappa shape index (κ3) is 3.17. The van der Waals surface area contributed by atoms with Gasteiger partial charge in [0, 0.05) is 30.1 Å². The molecule has 0 saturated carbocycles. The molecule has 0 radical (unpaired) electrons. The highest BCUT2D eigenvalue weighted by Crippen LogP contribution is 2.27. The van der Waals surface area contributed by atoms with Crippen molar-refractivity contribution in [3.8, 4) is 11.3 Å². The zero-order chi connectivity index (χ0) is 18.1. The van der Waals surface area contributed by atoms with Gasteiger partial charge in [0.05, 0.1) is 29.3 Å². The standard InChI is InChI=1S/C19H19N5OS/c20-18(25)10-19(26)24-17-6-3-13(9-14(17)11-22-24)16-5-4-15(12-21-16)23-7-1-2-8-23/h3-6,9-12,26H,1-2,7-8H2,(H2,20,25)/b19-10-. The van der Waals surface area contributed by atoms with Crippen molar-refractivity contribution in [2.75, 3.05) is 18.0 Å². The average Bonchev–Trinajstić information content (AvgIpc) is 3.30. The molecule has 0 spiro atoms. The number of aromatic nitrogens is 3. The number of nitrogens with zero attached hydrogens (tertiary/aromatic N) is 4. The largest absolute Gasteiger partial charge is 0.370 e. The summed E-state index contributed by atoms with van der Waals surface area (Å²) in [6.07, 6.45) is 7.42. The van der Waals surface area contributed by atoms with Crippen LogP contribution in [0.15, 0.2) is 48.8 Å². The highest BCUT2D eigenvalue weighted by atomic mass is 32.1. The SMILES string of the molecule is NC(=O)/C=C(\S)n1ncc2cc(-c3ccc(N4CCCC4)cn3)ccc21. The van der Waals surface area contributed by atoms with E-state index in [-0.39, 0.29) is 0 Å². The predicted molar refractivity (Wildman–Crippen MR) is 107 cm³/mol. The molecule has 0 aliphatic carbocycles. The number of carbonyl (C=O) groups excluding carboxylic acids is 1. The summed E-state index contributed by atoms with van der Waals surface area (Å²) in [4.78, 5) is 18.0. The van der Waals surface area contributed by atoms with Gasteiger partial charge in [-0.25, -0.2) is 4.68 Å². The van der Waals surface area contributed by atoms with Crippen LogP contribution >= 0.6 is 12.6 Å². The molecule has 1 saturated heterocycles. The van der Waals surface area contributed by atoms with Crippen molar-refractivity contribution in [1.29, 1.82) is 0 Å². The molecule has 3 aromatic rings. The topological polar surface area (TPSA) is 77.0 Å². The number of amides is 1. The summed E-state index contributed by atoms with van der Waals surface area (Å²) < 4.78 is 1.58. The molecular formula is C19H19N5OS. The molecule has 2 aromatic heterocycles. The Morgan fingerprint density at radius 1 is 1.15 bits per heavy atom. The van der Waals surface area contributed by atoms with Crippen LogP contribution in [-0.4, -0.2) is 33.8 Å². The number of benzene rings is 1. The Morgan fingerprint density at radius 2 is 1.96 bits per heavy atom. The first-order valence-corrected chi connectivity index (χ1v) is 8.96. The minimum absolute atomic E-state index is 0.383. The smallest absolute Gasteiger partial charge is 0.244 e. The number of hydrogen-bond donors (Lipinski definition) is 2. The van der Waals surface area contributed by atoms with Crippen LogP contribution in [-0.2, 0) is 4.79 Å². The molecule has 26 heavy (non-hydrogen) atoms. The predicted octanol–water partition coefficient (Wildman–Crippen LogP) is 2.91. The Labute approximate surface area is 156 Å². The van der Waals surface area contributed by atoms with E-state index < -0.39 is 5.91 Å². The summed E-state index contributed by atoms with van der Waals surface area (Å²) >= 11 is 4.29. The molecule has 4 rings (SSSR count). The third-order valence-electron chi connectivity index (χ3n) is 4.57. The minimum Gasteiger partial charge on any atom is -0.370 e. The van der Waals surface area contributed by atoms with Gasteiger partial charge in [0.2, 0.25) is 5.91 Å². The number of rotatable bonds is 4. The molecule has 0 unspecified atom stereocenters. The third-order valence-corrected chi connectivity index (χ3v) is 4.89. The molecular weight excluding hydrogens is 346 g/mol. The number of primary amides is 1. The molecule has 2 N–H and O–H groups in total. The van der Waals surface area contributed by atoms with Crippen LogP contribution in [0.2, 0.25) is 0 Å². The zero-order valence-corrected chi connectivity index (χ0v) is 15.1. The van der Waals surface area contributed by atoms with Crippen molar-refractivity contribution in [2.45, 2.75) is 12.8 Å². The van der Waals surface area contributed by atoms with Crippen molar-refractivity contribution in [3.05, 3.63) is 48.8 Å². The first-order chi connectivity index (χ1) is 12.6. The molecule has 1 aliphatic rings. The molecule has 3 heterocycles. The molecule has 1 aromatic carbocycles. The van der Waals surface area contributed by atoms with Gasteiger partial charge in [0.25, 0.3) is 0 Å². The normalized spacial score (nSPS) is 15.0. The van der Waals surface area contributed by atoms with E-state index in [2.05, 4.69) is 39.7 Å². The maximum atomic E-state index is 11.0. The number of fused-ring (bicyclic) bond motifs is 1. The van der Waals surface area contributed by atoms with Gasteiger partial charge < -0.3 is 10.6 Å². The number of hydrogen-bond acceptors (Lipinski definition) is 5. The summed E-state index contributed by atoms with van der Waals surface area (Å²) in [5.41, 5.74) is 9.15. The quantitative estimate of drug-likeness (QED) is 0.550. The highest BCUT2D eigenvalue weighted by molar-refractivity contribution is 7.90. The van der Waals surface area contributed by atoms with E-state index in [1.165, 1.54) is 24.6 Å². The molecule has 6 nitrogen and oxygen atoms in total. The van der Waals surface area contributed by atoms with E-state index >= 15 is 0 Å². The molecule has 1 fully saturated rings. The van der Waals surface area contributed by atoms with Crippen LogP contribution < -0.4 is 10.6 Å². The Balaban J connectivity index is 1.64. The van der Waals surface area contributed by atoms with Crippen molar-refractivity contribution < 1.29 is 4.79 Å².